The van der Waals surface area contributed by atoms with Gasteiger partial charge in [0.2, 0.25) is 0 Å². The van der Waals surface area contributed by atoms with Crippen LogP contribution in [0.3, 0.4) is 0 Å². The van der Waals surface area contributed by atoms with Crippen molar-refractivity contribution < 1.29 is 14.4 Å². The Labute approximate surface area is 172 Å². The Balaban J connectivity index is 2.13. The Morgan fingerprint density at radius 3 is 2.73 bits per heavy atom. The highest BCUT2D eigenvalue weighted by Gasteiger charge is 2.21. The van der Waals surface area contributed by atoms with Crippen molar-refractivity contribution in [1.29, 1.82) is 0 Å². The van der Waals surface area contributed by atoms with Crippen LogP contribution in [-0.2, 0) is 17.8 Å². The fourth-order valence-corrected chi connectivity index (χ4v) is 3.44. The minimum absolute atomic E-state index is 0.537. The van der Waals surface area contributed by atoms with Crippen molar-refractivity contribution in [3.8, 4) is 22.5 Å². The maximum atomic E-state index is 11.3. The normalized spacial score (nSPS) is 11.6. The van der Waals surface area contributed by atoms with Gasteiger partial charge in [-0.25, -0.2) is 14.5 Å². The van der Waals surface area contributed by atoms with Crippen LogP contribution in [0.4, 0.5) is 0 Å². The van der Waals surface area contributed by atoms with Gasteiger partial charge in [-0.15, -0.1) is 0 Å². The number of carboxylic acid groups (broad SMARTS) is 1. The first-order valence-electron chi connectivity index (χ1n) is 9.70. The average Bonchev–Trinajstić information content (AvgIpc) is 3.37. The standard InChI is InChI=1S/C22H21N5O3/c1-4-15-9-18(26-30-15)21-16(6-7-19(28)29)20(14-8-13(3)10-23-11-14)17-12-24-27(5-2)22(17)25-21/h6-12H,4-5H2,1-3H3,(H,28,29). The highest BCUT2D eigenvalue weighted by Crippen LogP contribution is 2.37. The summed E-state index contributed by atoms with van der Waals surface area (Å²) in [6, 6.07) is 3.84. The molecule has 0 atom stereocenters. The van der Waals surface area contributed by atoms with Crippen molar-refractivity contribution in [2.24, 2.45) is 0 Å². The molecular formula is C22H21N5O3. The fourth-order valence-electron chi connectivity index (χ4n) is 3.44. The quantitative estimate of drug-likeness (QED) is 0.482. The molecule has 30 heavy (non-hydrogen) atoms. The highest BCUT2D eigenvalue weighted by molar-refractivity contribution is 6.02. The first-order valence-corrected chi connectivity index (χ1v) is 9.70. The summed E-state index contributed by atoms with van der Waals surface area (Å²) < 4.78 is 7.20. The highest BCUT2D eigenvalue weighted by atomic mass is 16.5. The molecule has 4 aromatic rings. The van der Waals surface area contributed by atoms with Gasteiger partial charge in [0.1, 0.15) is 17.1 Å². The number of carboxylic acids is 1. The summed E-state index contributed by atoms with van der Waals surface area (Å²) in [4.78, 5) is 20.5. The fraction of sp³-hybridized carbons (Fsp3) is 0.227. The topological polar surface area (TPSA) is 107 Å². The lowest BCUT2D eigenvalue weighted by Crippen LogP contribution is -2.01. The number of carbonyl (C=O) groups is 1. The summed E-state index contributed by atoms with van der Waals surface area (Å²) in [5.74, 6) is -0.323. The van der Waals surface area contributed by atoms with Crippen LogP contribution < -0.4 is 0 Å². The number of hydrogen-bond donors (Lipinski definition) is 1. The Hall–Kier alpha value is -3.81. The van der Waals surface area contributed by atoms with Gasteiger partial charge >= 0.3 is 5.97 Å². The molecule has 4 rings (SSSR count). The second-order valence-electron chi connectivity index (χ2n) is 6.90. The molecule has 8 heteroatoms. The van der Waals surface area contributed by atoms with E-state index in [4.69, 9.17) is 9.51 Å². The zero-order valence-corrected chi connectivity index (χ0v) is 17.0. The molecule has 4 aromatic heterocycles. The number of aliphatic carboxylic acids is 1. The molecule has 0 aromatic carbocycles. The zero-order valence-electron chi connectivity index (χ0n) is 17.0. The van der Waals surface area contributed by atoms with Gasteiger partial charge in [-0.05, 0) is 31.6 Å². The van der Waals surface area contributed by atoms with Gasteiger partial charge in [-0.1, -0.05) is 12.1 Å². The van der Waals surface area contributed by atoms with Crippen molar-refractivity contribution in [2.45, 2.75) is 33.7 Å². The number of fused-ring (bicyclic) bond motifs is 1. The number of rotatable bonds is 6. The van der Waals surface area contributed by atoms with E-state index in [1.807, 2.05) is 32.9 Å². The third-order valence-corrected chi connectivity index (χ3v) is 4.83. The lowest BCUT2D eigenvalue weighted by molar-refractivity contribution is -0.131. The minimum Gasteiger partial charge on any atom is -0.478 e. The molecule has 0 aliphatic carbocycles. The van der Waals surface area contributed by atoms with Gasteiger partial charge in [0.15, 0.2) is 5.65 Å². The van der Waals surface area contributed by atoms with Crippen molar-refractivity contribution in [3.63, 3.8) is 0 Å². The molecule has 0 saturated carbocycles. The molecule has 0 fully saturated rings. The second kappa shape index (κ2) is 7.90. The van der Waals surface area contributed by atoms with Crippen LogP contribution in [0.2, 0.25) is 0 Å². The first-order chi connectivity index (χ1) is 14.5. The van der Waals surface area contributed by atoms with Crippen molar-refractivity contribution in [2.75, 3.05) is 0 Å². The lowest BCUT2D eigenvalue weighted by Gasteiger charge is -2.13. The Bertz CT molecular complexity index is 1270. The predicted octanol–water partition coefficient (Wildman–Crippen LogP) is 4.14. The molecule has 0 bridgehead atoms. The Kier molecular flexibility index (Phi) is 5.14. The summed E-state index contributed by atoms with van der Waals surface area (Å²) >= 11 is 0. The van der Waals surface area contributed by atoms with Crippen LogP contribution in [0.15, 0.2) is 41.3 Å². The van der Waals surface area contributed by atoms with E-state index in [9.17, 15) is 9.90 Å². The van der Waals surface area contributed by atoms with Gasteiger partial charge < -0.3 is 9.63 Å². The molecule has 4 heterocycles. The minimum atomic E-state index is -1.05. The van der Waals surface area contributed by atoms with Crippen molar-refractivity contribution in [3.05, 3.63) is 53.7 Å². The summed E-state index contributed by atoms with van der Waals surface area (Å²) in [6.07, 6.45) is 8.63. The van der Waals surface area contributed by atoms with E-state index in [1.54, 1.807) is 29.3 Å². The number of nitrogens with zero attached hydrogens (tertiary/aromatic N) is 5. The number of pyridine rings is 2. The van der Waals surface area contributed by atoms with Crippen LogP contribution in [0, 0.1) is 6.92 Å². The predicted molar refractivity (Wildman–Crippen MR) is 113 cm³/mol. The van der Waals surface area contributed by atoms with E-state index in [-0.39, 0.29) is 0 Å². The first kappa shape index (κ1) is 19.5. The van der Waals surface area contributed by atoms with E-state index in [0.717, 1.165) is 33.9 Å². The monoisotopic (exact) mass is 403 g/mol. The third kappa shape index (κ3) is 3.47. The maximum absolute atomic E-state index is 11.3. The molecule has 0 spiro atoms. The van der Waals surface area contributed by atoms with E-state index < -0.39 is 5.97 Å². The Morgan fingerprint density at radius 1 is 1.23 bits per heavy atom. The van der Waals surface area contributed by atoms with Gasteiger partial charge in [0.05, 0.1) is 6.20 Å². The smallest absolute Gasteiger partial charge is 0.328 e. The Morgan fingerprint density at radius 2 is 2.07 bits per heavy atom. The van der Waals surface area contributed by atoms with Crippen LogP contribution >= 0.6 is 0 Å². The molecule has 1 N–H and O–H groups in total. The van der Waals surface area contributed by atoms with Gasteiger partial charge in [-0.2, -0.15) is 5.10 Å². The summed E-state index contributed by atoms with van der Waals surface area (Å²) in [5.41, 5.74) is 5.05. The van der Waals surface area contributed by atoms with Gasteiger partial charge in [0.25, 0.3) is 0 Å². The van der Waals surface area contributed by atoms with E-state index >= 15 is 0 Å². The average molecular weight is 403 g/mol. The number of hydrogen-bond acceptors (Lipinski definition) is 6. The maximum Gasteiger partial charge on any atom is 0.328 e. The molecule has 0 amide bonds. The van der Waals surface area contributed by atoms with Gasteiger partial charge in [-0.3, -0.25) is 4.98 Å². The molecule has 0 radical (unpaired) electrons. The van der Waals surface area contributed by atoms with Gasteiger partial charge in [0, 0.05) is 59.6 Å². The van der Waals surface area contributed by atoms with E-state index in [1.165, 1.54) is 0 Å². The second-order valence-corrected chi connectivity index (χ2v) is 6.90. The zero-order chi connectivity index (χ0) is 21.3. The molecular weight excluding hydrogens is 382 g/mol. The molecule has 152 valence electrons. The largest absolute Gasteiger partial charge is 0.478 e. The van der Waals surface area contributed by atoms with Crippen LogP contribution in [0.25, 0.3) is 39.6 Å². The number of aryl methyl sites for hydroxylation is 3. The number of aromatic nitrogens is 5. The molecule has 8 nitrogen and oxygen atoms in total. The van der Waals surface area contributed by atoms with Crippen LogP contribution in [0.1, 0.15) is 30.7 Å². The van der Waals surface area contributed by atoms with Crippen molar-refractivity contribution >= 4 is 23.1 Å². The summed E-state index contributed by atoms with van der Waals surface area (Å²) in [7, 11) is 0. The van der Waals surface area contributed by atoms with E-state index in [0.29, 0.717) is 35.6 Å². The molecule has 0 aliphatic heterocycles. The summed E-state index contributed by atoms with van der Waals surface area (Å²) in [6.45, 7) is 6.57. The molecule has 0 aliphatic rings. The molecule has 0 saturated heterocycles. The molecule has 0 unspecified atom stereocenters. The SMILES string of the molecule is CCc1cc(-c2nc3c(cnn3CC)c(-c3cncc(C)c3)c2C=CC(=O)O)no1. The lowest BCUT2D eigenvalue weighted by atomic mass is 9.95. The summed E-state index contributed by atoms with van der Waals surface area (Å²) in [5, 5.41) is 18.7. The third-order valence-electron chi connectivity index (χ3n) is 4.83. The van der Waals surface area contributed by atoms with E-state index in [2.05, 4.69) is 15.2 Å². The van der Waals surface area contributed by atoms with Crippen LogP contribution in [-0.4, -0.2) is 36.0 Å². The van der Waals surface area contributed by atoms with Crippen LogP contribution in [0.5, 0.6) is 0 Å². The van der Waals surface area contributed by atoms with Crippen molar-refractivity contribution in [1.82, 2.24) is 24.9 Å².